The van der Waals surface area contributed by atoms with Crippen LogP contribution in [0, 0.1) is 0 Å². The van der Waals surface area contributed by atoms with Gasteiger partial charge in [-0.2, -0.15) is 0 Å². The van der Waals surface area contributed by atoms with Crippen LogP contribution in [0.5, 0.6) is 0 Å². The van der Waals surface area contributed by atoms with E-state index in [9.17, 15) is 4.79 Å². The van der Waals surface area contributed by atoms with Crippen LogP contribution in [-0.2, 0) is 4.74 Å². The van der Waals surface area contributed by atoms with E-state index in [2.05, 4.69) is 17.3 Å². The third-order valence-corrected chi connectivity index (χ3v) is 3.07. The maximum atomic E-state index is 11.7. The third kappa shape index (κ3) is 3.33. The third-order valence-electron chi connectivity index (χ3n) is 3.07. The van der Waals surface area contributed by atoms with Crippen LogP contribution in [0.2, 0.25) is 0 Å². The molecule has 0 saturated carbocycles. The molecule has 2 rings (SSSR count). The van der Waals surface area contributed by atoms with Gasteiger partial charge in [-0.1, -0.05) is 0 Å². The van der Waals surface area contributed by atoms with Gasteiger partial charge >= 0.3 is 6.09 Å². The highest BCUT2D eigenvalue weighted by molar-refractivity contribution is 5.69. The second kappa shape index (κ2) is 4.46. The van der Waals surface area contributed by atoms with Gasteiger partial charge in [-0.3, -0.25) is 0 Å². The molecule has 0 aliphatic carbocycles. The molecule has 98 valence electrons. The van der Waals surface area contributed by atoms with Gasteiger partial charge in [0.05, 0.1) is 0 Å². The van der Waals surface area contributed by atoms with Crippen LogP contribution in [0.1, 0.15) is 20.8 Å². The molecular weight excluding hydrogens is 218 g/mol. The number of nitrogens with zero attached hydrogens (tertiary/aromatic N) is 2. The first kappa shape index (κ1) is 12.6. The highest BCUT2D eigenvalue weighted by Gasteiger charge is 2.36. The Kier molecular flexibility index (Phi) is 3.32. The van der Waals surface area contributed by atoms with Gasteiger partial charge in [-0.15, -0.1) is 0 Å². The van der Waals surface area contributed by atoms with Crippen LogP contribution >= 0.6 is 0 Å². The second-order valence-corrected chi connectivity index (χ2v) is 6.17. The fourth-order valence-electron chi connectivity index (χ4n) is 2.20. The minimum atomic E-state index is -0.397. The smallest absolute Gasteiger partial charge is 0.410 e. The van der Waals surface area contributed by atoms with Gasteiger partial charge in [-0.05, 0) is 27.8 Å². The summed E-state index contributed by atoms with van der Waals surface area (Å²) in [5.74, 6) is 0. The zero-order chi connectivity index (χ0) is 12.6. The van der Waals surface area contributed by atoms with Gasteiger partial charge in [0.2, 0.25) is 0 Å². The number of nitrogens with one attached hydrogen (secondary N) is 1. The molecule has 0 bridgehead atoms. The van der Waals surface area contributed by atoms with Gasteiger partial charge in [0, 0.05) is 38.3 Å². The maximum absolute atomic E-state index is 11.7. The van der Waals surface area contributed by atoms with E-state index in [1.54, 1.807) is 4.90 Å². The number of rotatable bonds is 2. The second-order valence-electron chi connectivity index (χ2n) is 6.17. The van der Waals surface area contributed by atoms with E-state index in [0.717, 1.165) is 26.2 Å². The molecule has 17 heavy (non-hydrogen) atoms. The summed E-state index contributed by atoms with van der Waals surface area (Å²) in [5, 5.41) is 3.54. The lowest BCUT2D eigenvalue weighted by Gasteiger charge is -2.45. The van der Waals surface area contributed by atoms with Crippen LogP contribution in [0.15, 0.2) is 0 Å². The molecule has 5 nitrogen and oxygen atoms in total. The minimum Gasteiger partial charge on any atom is -0.444 e. The van der Waals surface area contributed by atoms with Crippen LogP contribution < -0.4 is 5.32 Å². The summed E-state index contributed by atoms with van der Waals surface area (Å²) in [6, 6.07) is 1.05. The van der Waals surface area contributed by atoms with Crippen molar-refractivity contribution in [2.45, 2.75) is 38.5 Å². The SMILES string of the molecule is CN1CC(NC2CN(C(=O)OC(C)(C)C)C2)C1. The molecule has 0 aromatic heterocycles. The molecule has 2 fully saturated rings. The van der Waals surface area contributed by atoms with Gasteiger partial charge in [0.1, 0.15) is 5.60 Å². The topological polar surface area (TPSA) is 44.8 Å². The van der Waals surface area contributed by atoms with Crippen molar-refractivity contribution in [3.8, 4) is 0 Å². The zero-order valence-corrected chi connectivity index (χ0v) is 11.2. The van der Waals surface area contributed by atoms with E-state index in [0.29, 0.717) is 12.1 Å². The maximum Gasteiger partial charge on any atom is 0.410 e. The highest BCUT2D eigenvalue weighted by atomic mass is 16.6. The molecule has 1 amide bonds. The highest BCUT2D eigenvalue weighted by Crippen LogP contribution is 2.16. The summed E-state index contributed by atoms with van der Waals surface area (Å²) in [5.41, 5.74) is -0.397. The predicted octanol–water partition coefficient (Wildman–Crippen LogP) is 0.509. The number of amides is 1. The van der Waals surface area contributed by atoms with Crippen molar-refractivity contribution in [3.05, 3.63) is 0 Å². The van der Waals surface area contributed by atoms with E-state index >= 15 is 0 Å². The monoisotopic (exact) mass is 241 g/mol. The molecule has 2 aliphatic heterocycles. The number of hydrogen-bond donors (Lipinski definition) is 1. The Morgan fingerprint density at radius 2 is 1.71 bits per heavy atom. The Morgan fingerprint density at radius 1 is 1.18 bits per heavy atom. The summed E-state index contributed by atoms with van der Waals surface area (Å²) in [7, 11) is 2.12. The van der Waals surface area contributed by atoms with E-state index in [1.165, 1.54) is 0 Å². The molecule has 0 spiro atoms. The summed E-state index contributed by atoms with van der Waals surface area (Å²) >= 11 is 0. The normalized spacial score (nSPS) is 23.2. The molecule has 0 atom stereocenters. The number of likely N-dealkylation sites (tertiary alicyclic amines) is 2. The lowest BCUT2D eigenvalue weighted by molar-refractivity contribution is 0.000944. The van der Waals surface area contributed by atoms with Gasteiger partial charge in [-0.25, -0.2) is 4.79 Å². The first-order valence-electron chi connectivity index (χ1n) is 6.26. The number of ether oxygens (including phenoxy) is 1. The van der Waals surface area contributed by atoms with Crippen molar-refractivity contribution in [1.29, 1.82) is 0 Å². The molecule has 1 N–H and O–H groups in total. The van der Waals surface area contributed by atoms with Crippen molar-refractivity contribution in [3.63, 3.8) is 0 Å². The number of hydrogen-bond acceptors (Lipinski definition) is 4. The summed E-state index contributed by atoms with van der Waals surface area (Å²) in [4.78, 5) is 15.7. The number of carbonyl (C=O) groups excluding carboxylic acids is 1. The average molecular weight is 241 g/mol. The van der Waals surface area contributed by atoms with Gasteiger partial charge in [0.15, 0.2) is 0 Å². The van der Waals surface area contributed by atoms with Gasteiger partial charge in [0.25, 0.3) is 0 Å². The summed E-state index contributed by atoms with van der Waals surface area (Å²) < 4.78 is 5.30. The summed E-state index contributed by atoms with van der Waals surface area (Å²) in [6.07, 6.45) is -0.193. The fourth-order valence-corrected chi connectivity index (χ4v) is 2.20. The van der Waals surface area contributed by atoms with Crippen LogP contribution in [0.4, 0.5) is 4.79 Å². The van der Waals surface area contributed by atoms with Crippen LogP contribution in [-0.4, -0.2) is 66.8 Å². The Bertz CT molecular complexity index is 289. The Labute approximate surface area is 103 Å². The molecule has 0 unspecified atom stereocenters. The molecule has 0 radical (unpaired) electrons. The number of likely N-dealkylation sites (N-methyl/N-ethyl adjacent to an activating group) is 1. The van der Waals surface area contributed by atoms with E-state index < -0.39 is 5.60 Å². The Hall–Kier alpha value is -0.810. The van der Waals surface area contributed by atoms with E-state index in [1.807, 2.05) is 20.8 Å². The van der Waals surface area contributed by atoms with Crippen molar-refractivity contribution in [2.75, 3.05) is 33.2 Å². The Morgan fingerprint density at radius 3 is 2.18 bits per heavy atom. The largest absolute Gasteiger partial charge is 0.444 e. The standard InChI is InChI=1S/C12H23N3O2/c1-12(2,3)17-11(16)15-7-10(8-15)13-9-5-14(4)6-9/h9-10,13H,5-8H2,1-4H3. The predicted molar refractivity (Wildman–Crippen MR) is 66.0 cm³/mol. The Balaban J connectivity index is 1.63. The first-order valence-corrected chi connectivity index (χ1v) is 6.26. The van der Waals surface area contributed by atoms with Gasteiger partial charge < -0.3 is 19.9 Å². The van der Waals surface area contributed by atoms with E-state index in [4.69, 9.17) is 4.74 Å². The van der Waals surface area contributed by atoms with Crippen molar-refractivity contribution in [2.24, 2.45) is 0 Å². The zero-order valence-electron chi connectivity index (χ0n) is 11.2. The molecular formula is C12H23N3O2. The number of carbonyl (C=O) groups is 1. The van der Waals surface area contributed by atoms with Crippen molar-refractivity contribution >= 4 is 6.09 Å². The van der Waals surface area contributed by atoms with Crippen LogP contribution in [0.25, 0.3) is 0 Å². The van der Waals surface area contributed by atoms with Crippen molar-refractivity contribution in [1.82, 2.24) is 15.1 Å². The first-order chi connectivity index (χ1) is 7.83. The quantitative estimate of drug-likeness (QED) is 0.765. The van der Waals surface area contributed by atoms with Crippen molar-refractivity contribution < 1.29 is 9.53 Å². The molecule has 5 heteroatoms. The lowest BCUT2D eigenvalue weighted by Crippen LogP contribution is -2.67. The fraction of sp³-hybridized carbons (Fsp3) is 0.917. The lowest BCUT2D eigenvalue weighted by atomic mass is 10.0. The molecule has 2 saturated heterocycles. The average Bonchev–Trinajstić information content (AvgIpc) is 2.02. The molecule has 2 aliphatic rings. The van der Waals surface area contributed by atoms with E-state index in [-0.39, 0.29) is 6.09 Å². The van der Waals surface area contributed by atoms with Crippen LogP contribution in [0.3, 0.4) is 0 Å². The molecule has 0 aromatic rings. The summed E-state index contributed by atoms with van der Waals surface area (Å²) in [6.45, 7) is 9.45. The molecule has 2 heterocycles. The molecule has 0 aromatic carbocycles. The minimum absolute atomic E-state index is 0.193.